The number of aromatic nitrogens is 2. The van der Waals surface area contributed by atoms with Crippen LogP contribution < -0.4 is 5.73 Å². The second-order valence-corrected chi connectivity index (χ2v) is 6.52. The lowest BCUT2D eigenvalue weighted by Crippen LogP contribution is -2.31. The summed E-state index contributed by atoms with van der Waals surface area (Å²) >= 11 is 0. The Labute approximate surface area is 146 Å². The standard InChI is InChI=1S/C20H20N4O/c1-13-9-10-16-15(12-13)18(23-20(21)22-16)19(25)24-11-5-8-17(24)14-6-3-2-4-7-14/h2-4,6-7,9-10,12,17H,5,8,11H2,1H3,(H2,21,22,23). The average molecular weight is 332 g/mol. The summed E-state index contributed by atoms with van der Waals surface area (Å²) < 4.78 is 0. The van der Waals surface area contributed by atoms with Gasteiger partial charge in [-0.05, 0) is 37.5 Å². The number of aryl methyl sites for hydroxylation is 1. The summed E-state index contributed by atoms with van der Waals surface area (Å²) in [5, 5.41) is 0.762. The van der Waals surface area contributed by atoms with E-state index in [1.807, 2.05) is 48.2 Å². The fourth-order valence-corrected chi connectivity index (χ4v) is 3.59. The number of hydrogen-bond acceptors (Lipinski definition) is 4. The number of hydrogen-bond donors (Lipinski definition) is 1. The van der Waals surface area contributed by atoms with Gasteiger partial charge in [-0.15, -0.1) is 0 Å². The number of carbonyl (C=O) groups excluding carboxylic acids is 1. The van der Waals surface area contributed by atoms with E-state index in [0.29, 0.717) is 11.2 Å². The first-order valence-corrected chi connectivity index (χ1v) is 8.53. The molecule has 1 saturated heterocycles. The lowest BCUT2D eigenvalue weighted by molar-refractivity contribution is 0.0732. The van der Waals surface area contributed by atoms with E-state index in [1.54, 1.807) is 0 Å². The van der Waals surface area contributed by atoms with Gasteiger partial charge in [0.2, 0.25) is 5.95 Å². The van der Waals surface area contributed by atoms with Crippen LogP contribution in [0.5, 0.6) is 0 Å². The molecule has 2 N–H and O–H groups in total. The van der Waals surface area contributed by atoms with E-state index in [1.165, 1.54) is 0 Å². The molecule has 1 atom stereocenters. The minimum atomic E-state index is -0.0731. The molecule has 1 aliphatic rings. The van der Waals surface area contributed by atoms with Gasteiger partial charge < -0.3 is 10.6 Å². The Morgan fingerprint density at radius 3 is 2.76 bits per heavy atom. The number of anilines is 1. The first-order valence-electron chi connectivity index (χ1n) is 8.53. The van der Waals surface area contributed by atoms with Gasteiger partial charge in [-0.1, -0.05) is 42.0 Å². The second-order valence-electron chi connectivity index (χ2n) is 6.52. The summed E-state index contributed by atoms with van der Waals surface area (Å²) in [5.74, 6) is 0.0613. The fraction of sp³-hybridized carbons (Fsp3) is 0.250. The van der Waals surface area contributed by atoms with Crippen molar-refractivity contribution in [3.05, 3.63) is 65.4 Å². The van der Waals surface area contributed by atoms with Gasteiger partial charge in [-0.3, -0.25) is 4.79 Å². The molecule has 0 spiro atoms. The van der Waals surface area contributed by atoms with Crippen molar-refractivity contribution in [3.8, 4) is 0 Å². The van der Waals surface area contributed by atoms with Crippen LogP contribution in [0.3, 0.4) is 0 Å². The smallest absolute Gasteiger partial charge is 0.273 e. The molecule has 1 aromatic heterocycles. The van der Waals surface area contributed by atoms with E-state index >= 15 is 0 Å². The van der Waals surface area contributed by atoms with Gasteiger partial charge in [0.1, 0.15) is 5.69 Å². The average Bonchev–Trinajstić information content (AvgIpc) is 3.11. The molecule has 3 aromatic rings. The number of nitrogens with zero attached hydrogens (tertiary/aromatic N) is 3. The van der Waals surface area contributed by atoms with Crippen LogP contribution in [-0.4, -0.2) is 27.3 Å². The molecular weight excluding hydrogens is 312 g/mol. The van der Waals surface area contributed by atoms with Crippen LogP contribution in [-0.2, 0) is 0 Å². The van der Waals surface area contributed by atoms with Gasteiger partial charge >= 0.3 is 0 Å². The van der Waals surface area contributed by atoms with Crippen molar-refractivity contribution in [3.63, 3.8) is 0 Å². The minimum absolute atomic E-state index is 0.0731. The highest BCUT2D eigenvalue weighted by Crippen LogP contribution is 2.33. The highest BCUT2D eigenvalue weighted by atomic mass is 16.2. The van der Waals surface area contributed by atoms with Crippen molar-refractivity contribution in [1.29, 1.82) is 0 Å². The van der Waals surface area contributed by atoms with Crippen LogP contribution in [0.25, 0.3) is 10.9 Å². The summed E-state index contributed by atoms with van der Waals surface area (Å²) in [6.45, 7) is 2.72. The molecule has 1 unspecified atom stereocenters. The van der Waals surface area contributed by atoms with Crippen molar-refractivity contribution in [2.45, 2.75) is 25.8 Å². The summed E-state index contributed by atoms with van der Waals surface area (Å²) in [7, 11) is 0. The van der Waals surface area contributed by atoms with E-state index in [2.05, 4.69) is 22.1 Å². The molecule has 1 aliphatic heterocycles. The van der Waals surface area contributed by atoms with E-state index in [4.69, 9.17) is 5.73 Å². The fourth-order valence-electron chi connectivity index (χ4n) is 3.59. The summed E-state index contributed by atoms with van der Waals surface area (Å²) in [6.07, 6.45) is 1.95. The molecule has 126 valence electrons. The molecule has 2 aromatic carbocycles. The first kappa shape index (κ1) is 15.6. The molecule has 1 fully saturated rings. The highest BCUT2D eigenvalue weighted by molar-refractivity contribution is 6.05. The van der Waals surface area contributed by atoms with Crippen LogP contribution in [0.2, 0.25) is 0 Å². The molecule has 1 amide bonds. The number of benzene rings is 2. The number of fused-ring (bicyclic) bond motifs is 1. The van der Waals surface area contributed by atoms with Gasteiger partial charge in [-0.2, -0.15) is 0 Å². The predicted molar refractivity (Wildman–Crippen MR) is 98.1 cm³/mol. The summed E-state index contributed by atoms with van der Waals surface area (Å²) in [5.41, 5.74) is 9.18. The largest absolute Gasteiger partial charge is 0.368 e. The van der Waals surface area contributed by atoms with Crippen LogP contribution in [0.15, 0.2) is 48.5 Å². The van der Waals surface area contributed by atoms with Crippen LogP contribution in [0.1, 0.15) is 40.5 Å². The number of nitrogens with two attached hydrogens (primary N) is 1. The van der Waals surface area contributed by atoms with Crippen molar-refractivity contribution in [2.24, 2.45) is 0 Å². The van der Waals surface area contributed by atoms with E-state index < -0.39 is 0 Å². The number of rotatable bonds is 2. The van der Waals surface area contributed by atoms with Gasteiger partial charge in [0.15, 0.2) is 0 Å². The lowest BCUT2D eigenvalue weighted by Gasteiger charge is -2.25. The maximum Gasteiger partial charge on any atom is 0.273 e. The lowest BCUT2D eigenvalue weighted by atomic mass is 10.0. The summed E-state index contributed by atoms with van der Waals surface area (Å²) in [4.78, 5) is 23.8. The van der Waals surface area contributed by atoms with E-state index in [-0.39, 0.29) is 17.9 Å². The Balaban J connectivity index is 1.78. The molecule has 0 bridgehead atoms. The zero-order valence-electron chi connectivity index (χ0n) is 14.1. The zero-order valence-corrected chi connectivity index (χ0v) is 14.1. The molecule has 0 radical (unpaired) electrons. The predicted octanol–water partition coefficient (Wildman–Crippen LogP) is 3.50. The molecule has 4 rings (SSSR count). The van der Waals surface area contributed by atoms with Gasteiger partial charge in [-0.25, -0.2) is 9.97 Å². The maximum atomic E-state index is 13.3. The van der Waals surface area contributed by atoms with Gasteiger partial charge in [0, 0.05) is 11.9 Å². The third kappa shape index (κ3) is 2.82. The third-order valence-electron chi connectivity index (χ3n) is 4.77. The first-order chi connectivity index (χ1) is 12.1. The van der Waals surface area contributed by atoms with Crippen molar-refractivity contribution in [1.82, 2.24) is 14.9 Å². The van der Waals surface area contributed by atoms with Crippen LogP contribution in [0, 0.1) is 6.92 Å². The molecule has 5 heteroatoms. The minimum Gasteiger partial charge on any atom is -0.368 e. The normalized spacial score (nSPS) is 17.2. The monoisotopic (exact) mass is 332 g/mol. The zero-order chi connectivity index (χ0) is 17.4. The van der Waals surface area contributed by atoms with E-state index in [0.717, 1.165) is 35.9 Å². The van der Waals surface area contributed by atoms with Crippen molar-refractivity contribution in [2.75, 3.05) is 12.3 Å². The molecular formula is C20H20N4O. The molecule has 5 nitrogen and oxygen atoms in total. The molecule has 0 saturated carbocycles. The van der Waals surface area contributed by atoms with Gasteiger partial charge in [0.05, 0.1) is 11.6 Å². The Kier molecular flexibility index (Phi) is 3.84. The van der Waals surface area contributed by atoms with Crippen LogP contribution >= 0.6 is 0 Å². The molecule has 0 aliphatic carbocycles. The second kappa shape index (κ2) is 6.16. The number of likely N-dealkylation sites (tertiary alicyclic amines) is 1. The van der Waals surface area contributed by atoms with Gasteiger partial charge in [0.25, 0.3) is 5.91 Å². The Morgan fingerprint density at radius 2 is 1.96 bits per heavy atom. The topological polar surface area (TPSA) is 72.1 Å². The van der Waals surface area contributed by atoms with E-state index in [9.17, 15) is 4.79 Å². The quantitative estimate of drug-likeness (QED) is 0.779. The number of nitrogen functional groups attached to an aromatic ring is 1. The van der Waals surface area contributed by atoms with Crippen molar-refractivity contribution < 1.29 is 4.79 Å². The SMILES string of the molecule is Cc1ccc2nc(N)nc(C(=O)N3CCCC3c3ccccc3)c2c1. The maximum absolute atomic E-state index is 13.3. The Morgan fingerprint density at radius 1 is 1.16 bits per heavy atom. The Bertz CT molecular complexity index is 939. The summed E-state index contributed by atoms with van der Waals surface area (Å²) in [6, 6.07) is 16.1. The van der Waals surface area contributed by atoms with Crippen LogP contribution in [0.4, 0.5) is 5.95 Å². The number of carbonyl (C=O) groups is 1. The highest BCUT2D eigenvalue weighted by Gasteiger charge is 2.32. The van der Waals surface area contributed by atoms with Crippen molar-refractivity contribution >= 4 is 22.8 Å². The third-order valence-corrected chi connectivity index (χ3v) is 4.77. The molecule has 25 heavy (non-hydrogen) atoms. The molecule has 2 heterocycles. The number of amides is 1. The Hall–Kier alpha value is -2.95.